The van der Waals surface area contributed by atoms with E-state index in [1.165, 1.54) is 18.2 Å². The van der Waals surface area contributed by atoms with Gasteiger partial charge in [0.2, 0.25) is 0 Å². The SMILES string of the molecule is CO.CO.[CH-]=O.[CH-]=O.[CH-]=O.[Cl][Re]. The van der Waals surface area contributed by atoms with E-state index in [0.717, 1.165) is 14.2 Å². The van der Waals surface area contributed by atoms with Crippen molar-refractivity contribution in [1.29, 1.82) is 0 Å². The van der Waals surface area contributed by atoms with Crippen LogP contribution in [-0.2, 0) is 32.6 Å². The molecule has 5 nitrogen and oxygen atoms in total. The topological polar surface area (TPSA) is 91.7 Å². The normalized spacial score (nSPS) is 2.50. The van der Waals surface area contributed by atoms with Crippen LogP contribution in [0.4, 0.5) is 0 Å². The summed E-state index contributed by atoms with van der Waals surface area (Å²) in [6, 6.07) is 0. The Hall–Kier alpha value is -0.118. The van der Waals surface area contributed by atoms with E-state index in [2.05, 4.69) is 20.4 Å². The van der Waals surface area contributed by atoms with Gasteiger partial charge in [0.1, 0.15) is 0 Å². The van der Waals surface area contributed by atoms with Crippen LogP contribution in [0, 0.1) is 0 Å². The molecule has 2 N–H and O–H groups in total. The van der Waals surface area contributed by atoms with Crippen molar-refractivity contribution >= 4 is 29.9 Å². The van der Waals surface area contributed by atoms with E-state index >= 15 is 0 Å². The van der Waals surface area contributed by atoms with Crippen molar-refractivity contribution in [3.8, 4) is 0 Å². The van der Waals surface area contributed by atoms with Gasteiger partial charge in [-0.25, -0.2) is 0 Å². The van der Waals surface area contributed by atoms with Gasteiger partial charge in [-0.3, -0.25) is 20.4 Å². The van der Waals surface area contributed by atoms with Gasteiger partial charge in [0.25, 0.3) is 0 Å². The van der Waals surface area contributed by atoms with Crippen LogP contribution in [0.5, 0.6) is 0 Å². The first kappa shape index (κ1) is 40.7. The standard InChI is InChI=1S/2CH4O.3CHO.ClH.Re/c5*1-2;;/h2*2H,1H3;3*1H;1H;/q;;3*-1;;+1/p-1. The van der Waals surface area contributed by atoms with Gasteiger partial charge in [-0.05, 0) is 0 Å². The molecule has 0 atom stereocenters. The Bertz CT molecular complexity index is 24.6. The van der Waals surface area contributed by atoms with Gasteiger partial charge in [-0.2, -0.15) is 0 Å². The van der Waals surface area contributed by atoms with E-state index in [0.29, 0.717) is 0 Å². The first-order chi connectivity index (χ1) is 6.00. The molecule has 0 fully saturated rings. The van der Waals surface area contributed by atoms with Crippen molar-refractivity contribution < 1.29 is 42.8 Å². The molecule has 12 heavy (non-hydrogen) atoms. The third-order valence-corrected chi connectivity index (χ3v) is 0. The summed E-state index contributed by atoms with van der Waals surface area (Å²) in [7, 11) is 6.69. The van der Waals surface area contributed by atoms with Crippen LogP contribution in [0.25, 0.3) is 0 Å². The van der Waals surface area contributed by atoms with Gasteiger partial charge in [-0.1, -0.05) is 0 Å². The summed E-state index contributed by atoms with van der Waals surface area (Å²) in [4.78, 5) is 23.2. The number of rotatable bonds is 0. The maximum atomic E-state index is 7.75. The van der Waals surface area contributed by atoms with E-state index < -0.39 is 0 Å². The fraction of sp³-hybridized carbons (Fsp3) is 0.400. The van der Waals surface area contributed by atoms with Gasteiger partial charge in [0.05, 0.1) is 0 Å². The first-order valence-corrected chi connectivity index (χ1v) is 5.11. The number of carbonyl (C=O) groups excluding carboxylic acids is 3. The number of aliphatic hydroxyl groups excluding tert-OH is 2. The van der Waals surface area contributed by atoms with Crippen LogP contribution in [0.1, 0.15) is 0 Å². The van der Waals surface area contributed by atoms with E-state index in [1.807, 2.05) is 0 Å². The zero-order valence-electron chi connectivity index (χ0n) is 6.61. The monoisotopic (exact) mass is 373 g/mol. The molecule has 0 aliphatic rings. The first-order valence-electron chi connectivity index (χ1n) is 1.74. The molecule has 0 aliphatic heterocycles. The summed E-state index contributed by atoms with van der Waals surface area (Å²) in [6.45, 7) is 9.75. The van der Waals surface area contributed by atoms with Gasteiger partial charge in [0.15, 0.2) is 0 Å². The van der Waals surface area contributed by atoms with E-state index in [4.69, 9.17) is 34.1 Å². The fourth-order valence-corrected chi connectivity index (χ4v) is 0. The van der Waals surface area contributed by atoms with Crippen molar-refractivity contribution in [2.45, 2.75) is 0 Å². The molecule has 0 aromatic carbocycles. The average molecular weight is 373 g/mol. The number of halogens is 1. The molecule has 0 aliphatic carbocycles. The molecular weight excluding hydrogens is 362 g/mol. The number of aliphatic hydroxyl groups is 2. The minimum atomic E-state index is 1.00. The second kappa shape index (κ2) is 76800. The molecule has 0 rings (SSSR count). The second-order valence-corrected chi connectivity index (χ2v) is 0. The third-order valence-electron chi connectivity index (χ3n) is 0. The molecule has 0 heterocycles. The predicted octanol–water partition coefficient (Wildman–Crippen LogP) is -0.918. The van der Waals surface area contributed by atoms with Crippen LogP contribution >= 0.6 is 9.53 Å². The molecule has 0 unspecified atom stereocenters. The van der Waals surface area contributed by atoms with E-state index in [-0.39, 0.29) is 0 Å². The van der Waals surface area contributed by atoms with Gasteiger partial charge >= 0.3 is 27.7 Å². The Kier molecular flexibility index (Phi) is 260000. The molecule has 0 saturated carbocycles. The van der Waals surface area contributed by atoms with Gasteiger partial charge in [0, 0.05) is 14.2 Å². The van der Waals surface area contributed by atoms with Crippen molar-refractivity contribution in [3.05, 3.63) is 0 Å². The molecule has 0 spiro atoms. The Balaban J connectivity index is -0.00000000900. The van der Waals surface area contributed by atoms with Crippen LogP contribution in [0.15, 0.2) is 0 Å². The molecule has 0 saturated heterocycles. The summed E-state index contributed by atoms with van der Waals surface area (Å²) in [5.74, 6) is 0. The summed E-state index contributed by atoms with van der Waals surface area (Å²) in [5.41, 5.74) is 0. The average Bonchev–Trinajstić information content (AvgIpc) is 2.33. The molecule has 0 aromatic rings. The summed E-state index contributed by atoms with van der Waals surface area (Å²) >= 11 is 1.19. The van der Waals surface area contributed by atoms with Crippen molar-refractivity contribution in [1.82, 2.24) is 0 Å². The van der Waals surface area contributed by atoms with Gasteiger partial charge < -0.3 is 24.6 Å². The molecule has 0 amide bonds. The minimum absolute atomic E-state index is 1.00. The quantitative estimate of drug-likeness (QED) is 0.424. The Morgan fingerprint density at radius 2 is 0.750 bits per heavy atom. The van der Waals surface area contributed by atoms with Crippen molar-refractivity contribution in [2.75, 3.05) is 14.2 Å². The van der Waals surface area contributed by atoms with Crippen LogP contribution in [0.2, 0.25) is 0 Å². The second-order valence-electron chi connectivity index (χ2n) is 0. The molecule has 78 valence electrons. The van der Waals surface area contributed by atoms with Gasteiger partial charge in [-0.15, -0.1) is 0 Å². The Morgan fingerprint density at radius 3 is 0.750 bits per heavy atom. The molecular formula is C5H11ClO5Re-3. The van der Waals surface area contributed by atoms with Crippen LogP contribution in [0.3, 0.4) is 0 Å². The van der Waals surface area contributed by atoms with E-state index in [1.54, 1.807) is 0 Å². The third kappa shape index (κ3) is 56300. The zero-order chi connectivity index (χ0) is 12.0. The van der Waals surface area contributed by atoms with Crippen molar-refractivity contribution in [3.63, 3.8) is 0 Å². The summed E-state index contributed by atoms with van der Waals surface area (Å²) in [5, 5.41) is 14.0. The zero-order valence-corrected chi connectivity index (χ0v) is 10.1. The molecule has 0 bridgehead atoms. The maximum absolute atomic E-state index is 7.75. The van der Waals surface area contributed by atoms with Crippen LogP contribution < -0.4 is 0 Å². The molecule has 7 heteroatoms. The summed E-state index contributed by atoms with van der Waals surface area (Å²) in [6.07, 6.45) is 0. The Labute approximate surface area is 87.1 Å². The predicted molar refractivity (Wildman–Crippen MR) is 42.4 cm³/mol. The van der Waals surface area contributed by atoms with Crippen LogP contribution in [-0.4, -0.2) is 44.8 Å². The summed E-state index contributed by atoms with van der Waals surface area (Å²) < 4.78 is 0. The van der Waals surface area contributed by atoms with Crippen molar-refractivity contribution in [2.24, 2.45) is 0 Å². The molecule has 0 aromatic heterocycles. The fourth-order valence-electron chi connectivity index (χ4n) is 0. The van der Waals surface area contributed by atoms with E-state index in [9.17, 15) is 0 Å². The molecule has 0 radical (unpaired) electrons. The number of hydrogen-bond donors (Lipinski definition) is 2. The number of hydrogen-bond acceptors (Lipinski definition) is 5. The Morgan fingerprint density at radius 1 is 0.750 bits per heavy atom.